The molecule has 0 aliphatic heterocycles. The number of nitrogens with zero attached hydrogens (tertiary/aromatic N) is 2. The third kappa shape index (κ3) is 7.41. The fourth-order valence-electron chi connectivity index (χ4n) is 9.80. The first-order valence-electron chi connectivity index (χ1n) is 21.7. The van der Waals surface area contributed by atoms with E-state index in [0.717, 1.165) is 22.8 Å². The Labute approximate surface area is 357 Å². The van der Waals surface area contributed by atoms with Gasteiger partial charge in [-0.15, -0.1) is 0 Å². The summed E-state index contributed by atoms with van der Waals surface area (Å²) < 4.78 is 0. The second-order valence-corrected chi connectivity index (χ2v) is 17.1. The minimum atomic E-state index is 0.0523. The Morgan fingerprint density at radius 1 is 0.450 bits per heavy atom. The average Bonchev–Trinajstić information content (AvgIpc) is 3.59. The topological polar surface area (TPSA) is 24.7 Å². The summed E-state index contributed by atoms with van der Waals surface area (Å²) in [5, 5.41) is 0. The molecule has 1 saturated carbocycles. The molecule has 3 aliphatic carbocycles. The molecule has 6 atom stereocenters. The second-order valence-electron chi connectivity index (χ2n) is 17.1. The van der Waals surface area contributed by atoms with Gasteiger partial charge >= 0.3 is 0 Å². The molecule has 60 heavy (non-hydrogen) atoms. The summed E-state index contributed by atoms with van der Waals surface area (Å²) in [4.78, 5) is 12.1. The first-order chi connectivity index (χ1) is 29.3. The Morgan fingerprint density at radius 2 is 0.833 bits per heavy atom. The molecular weight excluding hydrogens is 725 g/mol. The molecule has 0 saturated heterocycles. The van der Waals surface area contributed by atoms with Crippen molar-refractivity contribution < 1.29 is 0 Å². The fourth-order valence-corrected chi connectivity index (χ4v) is 9.80. The van der Waals surface area contributed by atoms with Crippen LogP contribution in [0.2, 0.25) is 0 Å². The van der Waals surface area contributed by atoms with Gasteiger partial charge < -0.3 is 0 Å². The molecule has 0 radical (unpaired) electrons. The van der Waals surface area contributed by atoms with E-state index in [1.54, 1.807) is 0 Å². The zero-order valence-electron chi connectivity index (χ0n) is 35.7. The Bertz CT molecular complexity index is 2580. The Kier molecular flexibility index (Phi) is 10.9. The van der Waals surface area contributed by atoms with E-state index in [1.807, 2.05) is 0 Å². The lowest BCUT2D eigenvalue weighted by Crippen LogP contribution is -2.19. The first kappa shape index (κ1) is 39.1. The van der Waals surface area contributed by atoms with Gasteiger partial charge in [-0.1, -0.05) is 221 Å². The predicted molar refractivity (Wildman–Crippen MR) is 254 cm³/mol. The van der Waals surface area contributed by atoms with Gasteiger partial charge in [-0.2, -0.15) is 0 Å². The lowest BCUT2D eigenvalue weighted by atomic mass is 9.80. The summed E-state index contributed by atoms with van der Waals surface area (Å²) in [6.45, 7) is 13.8. The van der Waals surface area contributed by atoms with Crippen molar-refractivity contribution in [3.05, 3.63) is 249 Å². The van der Waals surface area contributed by atoms with Crippen LogP contribution < -0.4 is 0 Å². The van der Waals surface area contributed by atoms with Crippen LogP contribution in [0.4, 0.5) is 11.4 Å². The molecule has 6 aromatic carbocycles. The molecule has 0 bridgehead atoms. The lowest BCUT2D eigenvalue weighted by molar-refractivity contribution is 0.680. The van der Waals surface area contributed by atoms with Crippen molar-refractivity contribution in [1.82, 2.24) is 0 Å². The highest BCUT2D eigenvalue weighted by molar-refractivity contribution is 6.53. The van der Waals surface area contributed by atoms with Gasteiger partial charge in [-0.3, -0.25) is 0 Å². The molecule has 2 unspecified atom stereocenters. The summed E-state index contributed by atoms with van der Waals surface area (Å²) in [7, 11) is 0. The van der Waals surface area contributed by atoms with Crippen LogP contribution in [-0.2, 0) is 0 Å². The van der Waals surface area contributed by atoms with Crippen LogP contribution in [0.1, 0.15) is 107 Å². The Hall–Kier alpha value is -6.38. The van der Waals surface area contributed by atoms with Crippen LogP contribution in [-0.4, -0.2) is 11.4 Å². The maximum atomic E-state index is 6.04. The third-order valence-corrected chi connectivity index (χ3v) is 13.2. The van der Waals surface area contributed by atoms with Gasteiger partial charge in [0.15, 0.2) is 0 Å². The van der Waals surface area contributed by atoms with Gasteiger partial charge in [0.25, 0.3) is 0 Å². The predicted octanol–water partition coefficient (Wildman–Crippen LogP) is 15.0. The molecule has 1 fully saturated rings. The molecule has 3 aliphatic rings. The standard InChI is InChI=1S/C58H54N2/c1-37-33-50(39(3)43-21-11-7-12-22-43)55(51(34-37)40(4)44-23-13-8-14-24-44)59-57-48-31-19-29-47-30-20-32-49(54(47)48)58(57)60-56-52(41(5)45-25-15-9-16-26-45)35-38(2)36-53(56)42(6)46-27-17-10-18-28-46/h7-36,39-42,48,54H,1-6H3/b59-57+,60-58+/t39-,40-,41-,42-,48?,54?/m1/s1. The maximum absolute atomic E-state index is 6.04. The number of benzene rings is 6. The van der Waals surface area contributed by atoms with Crippen LogP contribution in [0.15, 0.2) is 203 Å². The van der Waals surface area contributed by atoms with Gasteiger partial charge in [0.05, 0.1) is 22.8 Å². The summed E-state index contributed by atoms with van der Waals surface area (Å²) in [6, 6.07) is 53.1. The van der Waals surface area contributed by atoms with Gasteiger partial charge in [0, 0.05) is 35.5 Å². The monoisotopic (exact) mass is 778 g/mol. The summed E-state index contributed by atoms with van der Waals surface area (Å²) >= 11 is 0. The molecule has 0 heterocycles. The summed E-state index contributed by atoms with van der Waals surface area (Å²) in [5.41, 5.74) is 19.3. The molecule has 296 valence electrons. The summed E-state index contributed by atoms with van der Waals surface area (Å²) in [6.07, 6.45) is 13.7. The minimum absolute atomic E-state index is 0.0523. The molecule has 0 amide bonds. The van der Waals surface area contributed by atoms with Crippen molar-refractivity contribution in [3.63, 3.8) is 0 Å². The van der Waals surface area contributed by atoms with Crippen LogP contribution >= 0.6 is 0 Å². The largest absolute Gasteiger partial charge is 0.250 e. The number of hydrogen-bond donors (Lipinski definition) is 0. The molecule has 0 aromatic heterocycles. The molecule has 9 rings (SSSR count). The maximum Gasteiger partial charge on any atom is 0.0897 e. The number of aryl methyl sites for hydroxylation is 2. The van der Waals surface area contributed by atoms with Gasteiger partial charge in [-0.25, -0.2) is 9.98 Å². The van der Waals surface area contributed by atoms with Gasteiger partial charge in [-0.05, 0) is 69.5 Å². The van der Waals surface area contributed by atoms with E-state index in [9.17, 15) is 0 Å². The van der Waals surface area contributed by atoms with Crippen molar-refractivity contribution in [2.24, 2.45) is 21.8 Å². The molecule has 0 spiro atoms. The minimum Gasteiger partial charge on any atom is -0.250 e. The Balaban J connectivity index is 1.33. The van der Waals surface area contributed by atoms with E-state index < -0.39 is 0 Å². The number of hydrogen-bond acceptors (Lipinski definition) is 2. The molecule has 0 N–H and O–H groups in total. The number of allylic oxidation sites excluding steroid dienone is 8. The first-order valence-corrected chi connectivity index (χ1v) is 21.7. The van der Waals surface area contributed by atoms with Crippen LogP contribution in [0.5, 0.6) is 0 Å². The number of aliphatic imine (C=N–C) groups is 2. The van der Waals surface area contributed by atoms with E-state index in [-0.39, 0.29) is 35.5 Å². The normalized spacial score (nSPS) is 20.0. The second kappa shape index (κ2) is 16.7. The van der Waals surface area contributed by atoms with Crippen molar-refractivity contribution >= 4 is 22.8 Å². The highest BCUT2D eigenvalue weighted by atomic mass is 14.9. The fraction of sp³-hybridized carbons (Fsp3) is 0.207. The quantitative estimate of drug-likeness (QED) is 0.132. The van der Waals surface area contributed by atoms with E-state index in [0.29, 0.717) is 0 Å². The van der Waals surface area contributed by atoms with Crippen LogP contribution in [0.3, 0.4) is 0 Å². The molecular formula is C58H54N2. The van der Waals surface area contributed by atoms with Crippen LogP contribution in [0.25, 0.3) is 0 Å². The highest BCUT2D eigenvalue weighted by Crippen LogP contribution is 2.49. The SMILES string of the molecule is Cc1cc([C@H](C)c2ccccc2)c(/N=C2\C3=CC=CC4=CC=CC(\C2=N/c2c([C@H](C)c5ccccc5)cc(C)cc2[C@H](C)c2ccccc2)C43)c([C@H](C)c2ccccc2)c1. The highest BCUT2D eigenvalue weighted by Gasteiger charge is 2.44. The van der Waals surface area contributed by atoms with E-state index in [4.69, 9.17) is 9.98 Å². The zero-order valence-corrected chi connectivity index (χ0v) is 35.7. The van der Waals surface area contributed by atoms with Crippen LogP contribution in [0, 0.1) is 25.7 Å². The summed E-state index contributed by atoms with van der Waals surface area (Å²) in [5.74, 6) is 0.715. The van der Waals surface area contributed by atoms with E-state index in [2.05, 4.69) is 224 Å². The van der Waals surface area contributed by atoms with E-state index in [1.165, 1.54) is 66.8 Å². The average molecular weight is 779 g/mol. The van der Waals surface area contributed by atoms with Gasteiger partial charge in [0.1, 0.15) is 0 Å². The smallest absolute Gasteiger partial charge is 0.0897 e. The number of rotatable bonds is 10. The molecule has 2 nitrogen and oxygen atoms in total. The third-order valence-electron chi connectivity index (χ3n) is 13.2. The van der Waals surface area contributed by atoms with Crippen molar-refractivity contribution in [1.29, 1.82) is 0 Å². The van der Waals surface area contributed by atoms with Gasteiger partial charge in [0.2, 0.25) is 0 Å². The van der Waals surface area contributed by atoms with E-state index >= 15 is 0 Å². The van der Waals surface area contributed by atoms with Crippen molar-refractivity contribution in [2.45, 2.75) is 65.2 Å². The zero-order chi connectivity index (χ0) is 41.3. The van der Waals surface area contributed by atoms with Crippen molar-refractivity contribution in [2.75, 3.05) is 0 Å². The Morgan fingerprint density at radius 3 is 1.23 bits per heavy atom. The lowest BCUT2D eigenvalue weighted by Gasteiger charge is -2.25. The molecule has 2 heteroatoms. The van der Waals surface area contributed by atoms with Crippen molar-refractivity contribution in [3.8, 4) is 0 Å². The molecule has 6 aromatic rings.